The third-order valence-electron chi connectivity index (χ3n) is 0.987. The fourth-order valence-electron chi connectivity index (χ4n) is 0.557. The second kappa shape index (κ2) is 5.13. The first-order chi connectivity index (χ1) is 5.56. The summed E-state index contributed by atoms with van der Waals surface area (Å²) in [6, 6.07) is 1.02. The highest BCUT2D eigenvalue weighted by atomic mass is 16.5. The number of hydrogen-bond donors (Lipinski definition) is 1. The molecule has 0 saturated carbocycles. The third-order valence-corrected chi connectivity index (χ3v) is 0.987. The molecule has 0 fully saturated rings. The van der Waals surface area contributed by atoms with Gasteiger partial charge < -0.3 is 10.1 Å². The van der Waals surface area contributed by atoms with Crippen molar-refractivity contribution in [2.75, 3.05) is 6.61 Å². The van der Waals surface area contributed by atoms with Crippen LogP contribution in [0.4, 0.5) is 0 Å². The summed E-state index contributed by atoms with van der Waals surface area (Å²) in [5.74, 6) is -0.797. The van der Waals surface area contributed by atoms with E-state index in [4.69, 9.17) is 5.26 Å². The molecule has 0 spiro atoms. The molecule has 5 nitrogen and oxygen atoms in total. The average Bonchev–Trinajstić information content (AvgIpc) is 1.97. The Balaban J connectivity index is 3.78. The summed E-state index contributed by atoms with van der Waals surface area (Å²) in [5, 5.41) is 10.7. The fourth-order valence-corrected chi connectivity index (χ4v) is 0.557. The Bertz CT molecular complexity index is 219. The van der Waals surface area contributed by atoms with Gasteiger partial charge in [0.2, 0.25) is 5.91 Å². The maximum Gasteiger partial charge on any atom is 0.302 e. The molecule has 0 aliphatic rings. The third kappa shape index (κ3) is 5.23. The summed E-state index contributed by atoms with van der Waals surface area (Å²) in [4.78, 5) is 20.8. The Hall–Kier alpha value is -1.57. The maximum absolute atomic E-state index is 10.5. The van der Waals surface area contributed by atoms with Gasteiger partial charge >= 0.3 is 5.97 Å². The first kappa shape index (κ1) is 10.4. The average molecular weight is 170 g/mol. The van der Waals surface area contributed by atoms with Gasteiger partial charge in [0.15, 0.2) is 6.04 Å². The van der Waals surface area contributed by atoms with Gasteiger partial charge in [-0.15, -0.1) is 0 Å². The van der Waals surface area contributed by atoms with Crippen molar-refractivity contribution >= 4 is 11.9 Å². The zero-order chi connectivity index (χ0) is 9.56. The van der Waals surface area contributed by atoms with Gasteiger partial charge in [-0.05, 0) is 0 Å². The van der Waals surface area contributed by atoms with Gasteiger partial charge in [-0.2, -0.15) is 5.26 Å². The van der Waals surface area contributed by atoms with E-state index < -0.39 is 12.0 Å². The SMILES string of the molecule is CC(=O)NC(C#N)COC(C)=O. The largest absolute Gasteiger partial charge is 0.463 e. The summed E-state index contributed by atoms with van der Waals surface area (Å²) >= 11 is 0. The molecule has 1 N–H and O–H groups in total. The molecule has 0 bridgehead atoms. The molecule has 5 heteroatoms. The topological polar surface area (TPSA) is 79.2 Å². The number of carbonyl (C=O) groups excluding carboxylic acids is 2. The van der Waals surface area contributed by atoms with Crippen molar-refractivity contribution in [3.63, 3.8) is 0 Å². The summed E-state index contributed by atoms with van der Waals surface area (Å²) in [6.07, 6.45) is 0. The molecule has 0 aromatic heterocycles. The van der Waals surface area contributed by atoms with Crippen molar-refractivity contribution in [1.29, 1.82) is 5.26 Å². The molecular weight excluding hydrogens is 160 g/mol. The van der Waals surface area contributed by atoms with Gasteiger partial charge in [0.25, 0.3) is 0 Å². The number of hydrogen-bond acceptors (Lipinski definition) is 4. The van der Waals surface area contributed by atoms with Gasteiger partial charge in [0.1, 0.15) is 6.61 Å². The van der Waals surface area contributed by atoms with Crippen LogP contribution in [0.1, 0.15) is 13.8 Å². The lowest BCUT2D eigenvalue weighted by atomic mass is 10.3. The van der Waals surface area contributed by atoms with Gasteiger partial charge in [0.05, 0.1) is 6.07 Å². The number of nitriles is 1. The number of ether oxygens (including phenoxy) is 1. The number of esters is 1. The summed E-state index contributed by atoms with van der Waals surface area (Å²) in [7, 11) is 0. The van der Waals surface area contributed by atoms with E-state index in [2.05, 4.69) is 10.1 Å². The van der Waals surface area contributed by atoms with Crippen LogP contribution in [0.2, 0.25) is 0 Å². The van der Waals surface area contributed by atoms with Crippen LogP contribution in [0.3, 0.4) is 0 Å². The monoisotopic (exact) mass is 170 g/mol. The van der Waals surface area contributed by atoms with Crippen LogP contribution in [-0.4, -0.2) is 24.5 Å². The Morgan fingerprint density at radius 3 is 2.50 bits per heavy atom. The molecule has 0 aromatic rings. The predicted octanol–water partition coefficient (Wildman–Crippen LogP) is -0.422. The summed E-state index contributed by atoms with van der Waals surface area (Å²) in [6.45, 7) is 2.42. The second-order valence-electron chi connectivity index (χ2n) is 2.18. The molecular formula is C7H10N2O3. The molecule has 0 aliphatic carbocycles. The van der Waals surface area contributed by atoms with Crippen LogP contribution >= 0.6 is 0 Å². The number of nitrogens with zero attached hydrogens (tertiary/aromatic N) is 1. The lowest BCUT2D eigenvalue weighted by Gasteiger charge is -2.08. The lowest BCUT2D eigenvalue weighted by molar-refractivity contribution is -0.141. The highest BCUT2D eigenvalue weighted by molar-refractivity contribution is 5.73. The standard InChI is InChI=1S/C7H10N2O3/c1-5(10)9-7(3-8)4-12-6(2)11/h7H,4H2,1-2H3,(H,9,10). The van der Waals surface area contributed by atoms with Crippen molar-refractivity contribution in [3.05, 3.63) is 0 Å². The van der Waals surface area contributed by atoms with E-state index in [1.807, 2.05) is 0 Å². The number of carbonyl (C=O) groups is 2. The molecule has 0 heterocycles. The van der Waals surface area contributed by atoms with Crippen molar-refractivity contribution in [2.45, 2.75) is 19.9 Å². The van der Waals surface area contributed by atoms with Crippen LogP contribution in [0, 0.1) is 11.3 Å². The molecule has 66 valence electrons. The normalized spacial score (nSPS) is 11.1. The zero-order valence-electron chi connectivity index (χ0n) is 6.96. The summed E-state index contributed by atoms with van der Waals surface area (Å²) in [5.41, 5.74) is 0. The molecule has 1 unspecified atom stereocenters. The van der Waals surface area contributed by atoms with Crippen LogP contribution in [0.5, 0.6) is 0 Å². The molecule has 0 saturated heterocycles. The van der Waals surface area contributed by atoms with Gasteiger partial charge in [-0.3, -0.25) is 9.59 Å². The Labute approximate surface area is 70.3 Å². The predicted molar refractivity (Wildman–Crippen MR) is 39.9 cm³/mol. The number of nitrogens with one attached hydrogen (secondary N) is 1. The minimum Gasteiger partial charge on any atom is -0.463 e. The van der Waals surface area contributed by atoms with E-state index in [1.54, 1.807) is 6.07 Å². The van der Waals surface area contributed by atoms with E-state index in [9.17, 15) is 9.59 Å². The van der Waals surface area contributed by atoms with E-state index in [1.165, 1.54) is 13.8 Å². The molecule has 0 aliphatic heterocycles. The summed E-state index contributed by atoms with van der Waals surface area (Å²) < 4.78 is 4.52. The van der Waals surface area contributed by atoms with Crippen molar-refractivity contribution in [1.82, 2.24) is 5.32 Å². The smallest absolute Gasteiger partial charge is 0.302 e. The molecule has 0 rings (SSSR count). The van der Waals surface area contributed by atoms with Gasteiger partial charge in [0, 0.05) is 13.8 Å². The van der Waals surface area contributed by atoms with E-state index in [0.29, 0.717) is 0 Å². The molecule has 12 heavy (non-hydrogen) atoms. The zero-order valence-corrected chi connectivity index (χ0v) is 6.96. The van der Waals surface area contributed by atoms with Gasteiger partial charge in [-0.1, -0.05) is 0 Å². The Morgan fingerprint density at radius 2 is 2.17 bits per heavy atom. The van der Waals surface area contributed by atoms with Gasteiger partial charge in [-0.25, -0.2) is 0 Å². The highest BCUT2D eigenvalue weighted by Crippen LogP contribution is 1.84. The number of rotatable bonds is 3. The molecule has 0 aromatic carbocycles. The minimum absolute atomic E-state index is 0.106. The van der Waals surface area contributed by atoms with E-state index in [-0.39, 0.29) is 12.5 Å². The van der Waals surface area contributed by atoms with Crippen LogP contribution in [0.15, 0.2) is 0 Å². The van der Waals surface area contributed by atoms with Crippen molar-refractivity contribution in [2.24, 2.45) is 0 Å². The van der Waals surface area contributed by atoms with Crippen LogP contribution < -0.4 is 5.32 Å². The fraction of sp³-hybridized carbons (Fsp3) is 0.571. The van der Waals surface area contributed by atoms with Crippen LogP contribution in [0.25, 0.3) is 0 Å². The van der Waals surface area contributed by atoms with Crippen LogP contribution in [-0.2, 0) is 14.3 Å². The molecule has 0 radical (unpaired) electrons. The van der Waals surface area contributed by atoms with Crippen molar-refractivity contribution < 1.29 is 14.3 Å². The highest BCUT2D eigenvalue weighted by Gasteiger charge is 2.09. The van der Waals surface area contributed by atoms with E-state index >= 15 is 0 Å². The van der Waals surface area contributed by atoms with E-state index in [0.717, 1.165) is 0 Å². The quantitative estimate of drug-likeness (QED) is 0.583. The number of amides is 1. The second-order valence-corrected chi connectivity index (χ2v) is 2.18. The van der Waals surface area contributed by atoms with Crippen molar-refractivity contribution in [3.8, 4) is 6.07 Å². The minimum atomic E-state index is -0.758. The lowest BCUT2D eigenvalue weighted by Crippen LogP contribution is -2.35. The first-order valence-electron chi connectivity index (χ1n) is 3.36. The maximum atomic E-state index is 10.5. The Kier molecular flexibility index (Phi) is 4.46. The Morgan fingerprint density at radius 1 is 1.58 bits per heavy atom. The first-order valence-corrected chi connectivity index (χ1v) is 3.36. The molecule has 1 atom stereocenters. The molecule has 1 amide bonds.